The van der Waals surface area contributed by atoms with Crippen LogP contribution in [0.15, 0.2) is 118 Å². The molecule has 1 heterocycles. The van der Waals surface area contributed by atoms with Gasteiger partial charge in [0.1, 0.15) is 22.5 Å². The van der Waals surface area contributed by atoms with Crippen molar-refractivity contribution in [1.29, 1.82) is 0 Å². The normalized spacial score (nSPS) is 12.8. The van der Waals surface area contributed by atoms with Crippen molar-refractivity contribution < 1.29 is 26.0 Å². The van der Waals surface area contributed by atoms with E-state index in [1.165, 1.54) is 48.7 Å². The van der Waals surface area contributed by atoms with Crippen LogP contribution in [-0.2, 0) is 19.9 Å². The minimum Gasteiger partial charge on any atom is -0.468 e. The summed E-state index contributed by atoms with van der Waals surface area (Å²) >= 11 is 0. The van der Waals surface area contributed by atoms with E-state index in [4.69, 9.17) is 9.15 Å². The van der Waals surface area contributed by atoms with Crippen molar-refractivity contribution in [3.63, 3.8) is 0 Å². The van der Waals surface area contributed by atoms with Crippen LogP contribution in [0, 0.1) is 0 Å². The first kappa shape index (κ1) is 22.8. The van der Waals surface area contributed by atoms with Gasteiger partial charge in [-0.1, -0.05) is 36.4 Å². The number of furan rings is 1. The predicted molar refractivity (Wildman–Crippen MR) is 123 cm³/mol. The van der Waals surface area contributed by atoms with Crippen LogP contribution in [0.3, 0.4) is 0 Å². The van der Waals surface area contributed by atoms with E-state index < -0.39 is 31.7 Å². The van der Waals surface area contributed by atoms with Crippen LogP contribution < -0.4 is 9.46 Å². The van der Waals surface area contributed by atoms with Gasteiger partial charge in [-0.2, -0.15) is 0 Å². The summed E-state index contributed by atoms with van der Waals surface area (Å²) in [7, 11) is -7.90. The standard InChI is InChI=1S/C24H21NO6S2/c26-32(27,21-10-5-2-6-11-21)24(23-12-7-17-30-23)18-25-33(28,29)22-15-13-20(14-16-22)31-19-8-3-1-4-9-19/h1-17,24-25H,18H2. The van der Waals surface area contributed by atoms with Crippen LogP contribution in [0.25, 0.3) is 0 Å². The summed E-state index contributed by atoms with van der Waals surface area (Å²) in [4.78, 5) is 0.0613. The van der Waals surface area contributed by atoms with Crippen LogP contribution in [0.1, 0.15) is 11.0 Å². The average Bonchev–Trinajstić information content (AvgIpc) is 3.35. The molecular weight excluding hydrogens is 462 g/mol. The summed E-state index contributed by atoms with van der Waals surface area (Å²) in [5.41, 5.74) is 0. The zero-order chi connectivity index (χ0) is 23.3. The number of sulfone groups is 1. The molecule has 4 aromatic rings. The zero-order valence-corrected chi connectivity index (χ0v) is 19.0. The summed E-state index contributed by atoms with van der Waals surface area (Å²) in [6.45, 7) is -0.394. The second-order valence-corrected chi connectivity index (χ2v) is 11.0. The molecule has 1 unspecified atom stereocenters. The number of hydrogen-bond donors (Lipinski definition) is 1. The van der Waals surface area contributed by atoms with E-state index >= 15 is 0 Å². The van der Waals surface area contributed by atoms with Gasteiger partial charge in [0.15, 0.2) is 9.84 Å². The molecule has 9 heteroatoms. The highest BCUT2D eigenvalue weighted by Crippen LogP contribution is 2.29. The lowest BCUT2D eigenvalue weighted by Gasteiger charge is -2.17. The van der Waals surface area contributed by atoms with E-state index in [1.807, 2.05) is 18.2 Å². The highest BCUT2D eigenvalue weighted by Gasteiger charge is 2.32. The fourth-order valence-electron chi connectivity index (χ4n) is 3.19. The van der Waals surface area contributed by atoms with Crippen molar-refractivity contribution in [2.45, 2.75) is 15.0 Å². The molecule has 0 aliphatic heterocycles. The Balaban J connectivity index is 1.53. The minimum absolute atomic E-state index is 0.0155. The summed E-state index contributed by atoms with van der Waals surface area (Å²) in [6, 6.07) is 25.9. The monoisotopic (exact) mass is 483 g/mol. The molecule has 1 atom stereocenters. The Morgan fingerprint density at radius 1 is 0.697 bits per heavy atom. The van der Waals surface area contributed by atoms with Gasteiger partial charge in [-0.05, 0) is 60.7 Å². The third-order valence-corrected chi connectivity index (χ3v) is 8.40. The van der Waals surface area contributed by atoms with Crippen molar-refractivity contribution in [3.05, 3.63) is 109 Å². The van der Waals surface area contributed by atoms with Gasteiger partial charge in [-0.15, -0.1) is 0 Å². The first-order valence-electron chi connectivity index (χ1n) is 10.0. The molecule has 3 aromatic carbocycles. The average molecular weight is 484 g/mol. The maximum atomic E-state index is 13.2. The van der Waals surface area contributed by atoms with Crippen molar-refractivity contribution >= 4 is 19.9 Å². The molecule has 0 aliphatic rings. The SMILES string of the molecule is O=S(=O)(NCC(c1ccco1)S(=O)(=O)c1ccccc1)c1ccc(Oc2ccccc2)cc1. The van der Waals surface area contributed by atoms with Crippen LogP contribution in [0.5, 0.6) is 11.5 Å². The Morgan fingerprint density at radius 2 is 1.30 bits per heavy atom. The number of hydrogen-bond acceptors (Lipinski definition) is 6. The van der Waals surface area contributed by atoms with E-state index in [1.54, 1.807) is 36.4 Å². The van der Waals surface area contributed by atoms with Crippen molar-refractivity contribution in [2.24, 2.45) is 0 Å². The molecule has 0 radical (unpaired) electrons. The molecule has 0 bridgehead atoms. The summed E-state index contributed by atoms with van der Waals surface area (Å²) < 4.78 is 65.5. The maximum absolute atomic E-state index is 13.2. The van der Waals surface area contributed by atoms with Gasteiger partial charge in [0.05, 0.1) is 16.1 Å². The molecule has 0 aliphatic carbocycles. The molecule has 1 aromatic heterocycles. The molecule has 0 saturated heterocycles. The molecule has 0 amide bonds. The number of para-hydroxylation sites is 1. The van der Waals surface area contributed by atoms with E-state index in [0.717, 1.165) is 0 Å². The van der Waals surface area contributed by atoms with Crippen molar-refractivity contribution in [2.75, 3.05) is 6.54 Å². The molecular formula is C24H21NO6S2. The van der Waals surface area contributed by atoms with E-state index in [2.05, 4.69) is 4.72 Å². The zero-order valence-electron chi connectivity index (χ0n) is 17.4. The van der Waals surface area contributed by atoms with Crippen LogP contribution in [-0.4, -0.2) is 23.4 Å². The molecule has 0 spiro atoms. The van der Waals surface area contributed by atoms with Gasteiger partial charge in [-0.25, -0.2) is 21.6 Å². The topological polar surface area (TPSA) is 103 Å². The van der Waals surface area contributed by atoms with Gasteiger partial charge in [0, 0.05) is 6.54 Å². The van der Waals surface area contributed by atoms with Crippen molar-refractivity contribution in [1.82, 2.24) is 4.72 Å². The minimum atomic E-state index is -3.99. The number of rotatable bonds is 9. The van der Waals surface area contributed by atoms with Gasteiger partial charge >= 0.3 is 0 Å². The lowest BCUT2D eigenvalue weighted by Crippen LogP contribution is -2.31. The Kier molecular flexibility index (Phi) is 6.64. The molecule has 7 nitrogen and oxygen atoms in total. The van der Waals surface area contributed by atoms with Crippen LogP contribution >= 0.6 is 0 Å². The van der Waals surface area contributed by atoms with Gasteiger partial charge in [0.25, 0.3) is 0 Å². The highest BCUT2D eigenvalue weighted by atomic mass is 32.2. The summed E-state index contributed by atoms with van der Waals surface area (Å²) in [5, 5.41) is -1.23. The predicted octanol–water partition coefficient (Wildman–Crippen LogP) is 4.57. The third-order valence-electron chi connectivity index (χ3n) is 4.88. The molecule has 0 fully saturated rings. The van der Waals surface area contributed by atoms with E-state index in [0.29, 0.717) is 11.5 Å². The van der Waals surface area contributed by atoms with Crippen LogP contribution in [0.4, 0.5) is 0 Å². The summed E-state index contributed by atoms with van der Waals surface area (Å²) in [5.74, 6) is 1.24. The smallest absolute Gasteiger partial charge is 0.240 e. The number of benzene rings is 3. The molecule has 1 N–H and O–H groups in total. The molecule has 4 rings (SSSR count). The first-order valence-corrected chi connectivity index (χ1v) is 13.0. The van der Waals surface area contributed by atoms with Gasteiger partial charge < -0.3 is 9.15 Å². The number of sulfonamides is 1. The second kappa shape index (κ2) is 9.62. The fourth-order valence-corrected chi connectivity index (χ4v) is 5.95. The molecule has 0 saturated carbocycles. The second-order valence-electron chi connectivity index (χ2n) is 7.10. The molecule has 170 valence electrons. The Morgan fingerprint density at radius 3 is 1.91 bits per heavy atom. The Labute approximate surface area is 192 Å². The third kappa shape index (κ3) is 5.33. The van der Waals surface area contributed by atoms with E-state index in [-0.39, 0.29) is 15.6 Å². The maximum Gasteiger partial charge on any atom is 0.240 e. The fraction of sp³-hybridized carbons (Fsp3) is 0.0833. The summed E-state index contributed by atoms with van der Waals surface area (Å²) in [6.07, 6.45) is 1.35. The largest absolute Gasteiger partial charge is 0.468 e. The van der Waals surface area contributed by atoms with Gasteiger partial charge in [-0.3, -0.25) is 0 Å². The lowest BCUT2D eigenvalue weighted by molar-refractivity contribution is 0.482. The van der Waals surface area contributed by atoms with Crippen LogP contribution in [0.2, 0.25) is 0 Å². The van der Waals surface area contributed by atoms with Gasteiger partial charge in [0.2, 0.25) is 10.0 Å². The molecule has 33 heavy (non-hydrogen) atoms. The highest BCUT2D eigenvalue weighted by molar-refractivity contribution is 7.92. The number of ether oxygens (including phenoxy) is 1. The van der Waals surface area contributed by atoms with Crippen molar-refractivity contribution in [3.8, 4) is 11.5 Å². The first-order chi connectivity index (χ1) is 15.9. The Hall–Kier alpha value is -3.40. The lowest BCUT2D eigenvalue weighted by atomic mass is 10.3. The Bertz CT molecular complexity index is 1390. The number of nitrogens with one attached hydrogen (secondary N) is 1. The quantitative estimate of drug-likeness (QED) is 0.374. The van der Waals surface area contributed by atoms with E-state index in [9.17, 15) is 16.8 Å².